The maximum absolute atomic E-state index is 4.91. The standard InChI is InChI=1S/C52H51NSi2/c1-9-10-12-17-37(2)52(39-19-13-11-14-20-39)49-35-34-46-45-21-16-15-18-38(45)22-32-47(46)51(49)48-33-27-42(36-50(48)52)53(40-23-28-43(29-24-40)54(3,4)5)41-25-30-44(31-26-41)55(6,7)8/h9-36H,2H2,1,3-8H3/b10-9-,17-12-. The third-order valence-electron chi connectivity index (χ3n) is 11.5. The first kappa shape index (κ1) is 36.5. The molecule has 0 radical (unpaired) electrons. The van der Waals surface area contributed by atoms with Crippen molar-refractivity contribution in [2.45, 2.75) is 51.6 Å². The Morgan fingerprint density at radius 1 is 0.545 bits per heavy atom. The van der Waals surface area contributed by atoms with E-state index in [-0.39, 0.29) is 0 Å². The first-order valence-electron chi connectivity index (χ1n) is 19.6. The van der Waals surface area contributed by atoms with Gasteiger partial charge in [0.2, 0.25) is 0 Å². The SMILES string of the molecule is C=C(/C=C\C=C/C)C1(c2ccccc2)c2cc(N(c3ccc([Si](C)(C)C)cc3)c3ccc([Si](C)(C)C)cc3)ccc2-c2c1ccc1c2ccc2ccccc21. The predicted octanol–water partition coefficient (Wildman–Crippen LogP) is 13.6. The van der Waals surface area contributed by atoms with Crippen LogP contribution in [0.5, 0.6) is 0 Å². The van der Waals surface area contributed by atoms with E-state index in [2.05, 4.69) is 221 Å². The molecule has 0 amide bonds. The second-order valence-electron chi connectivity index (χ2n) is 17.1. The minimum absolute atomic E-state index is 0.616. The molecule has 7 aromatic rings. The van der Waals surface area contributed by atoms with Gasteiger partial charge < -0.3 is 4.90 Å². The molecule has 0 fully saturated rings. The van der Waals surface area contributed by atoms with Gasteiger partial charge in [-0.1, -0.05) is 190 Å². The Morgan fingerprint density at radius 3 is 1.75 bits per heavy atom. The van der Waals surface area contributed by atoms with Gasteiger partial charge in [-0.3, -0.25) is 0 Å². The second-order valence-corrected chi connectivity index (χ2v) is 27.2. The first-order chi connectivity index (χ1) is 26.4. The fraction of sp³-hybridized carbons (Fsp3) is 0.154. The minimum atomic E-state index is -1.49. The van der Waals surface area contributed by atoms with Crippen molar-refractivity contribution in [2.24, 2.45) is 0 Å². The van der Waals surface area contributed by atoms with Crippen LogP contribution in [0.15, 0.2) is 182 Å². The maximum Gasteiger partial charge on any atom is 0.0775 e. The van der Waals surface area contributed by atoms with Gasteiger partial charge in [0.15, 0.2) is 0 Å². The van der Waals surface area contributed by atoms with E-state index >= 15 is 0 Å². The van der Waals surface area contributed by atoms with E-state index in [4.69, 9.17) is 6.58 Å². The van der Waals surface area contributed by atoms with Crippen LogP contribution in [0.4, 0.5) is 17.1 Å². The Kier molecular flexibility index (Phi) is 9.27. The van der Waals surface area contributed by atoms with Gasteiger partial charge in [-0.25, -0.2) is 0 Å². The largest absolute Gasteiger partial charge is 0.310 e. The summed E-state index contributed by atoms with van der Waals surface area (Å²) in [6.07, 6.45) is 8.52. The van der Waals surface area contributed by atoms with E-state index in [1.54, 1.807) is 0 Å². The summed E-state index contributed by atoms with van der Waals surface area (Å²) < 4.78 is 0. The summed E-state index contributed by atoms with van der Waals surface area (Å²) >= 11 is 0. The Hall–Kier alpha value is -5.49. The molecule has 0 heterocycles. The fourth-order valence-electron chi connectivity index (χ4n) is 8.64. The average Bonchev–Trinajstić information content (AvgIpc) is 3.49. The van der Waals surface area contributed by atoms with Crippen LogP contribution in [0.2, 0.25) is 39.3 Å². The van der Waals surface area contributed by atoms with E-state index < -0.39 is 21.6 Å². The third kappa shape index (κ3) is 6.26. The van der Waals surface area contributed by atoms with E-state index in [1.807, 2.05) is 0 Å². The Bertz CT molecular complexity index is 2560. The van der Waals surface area contributed by atoms with Crippen molar-refractivity contribution in [2.75, 3.05) is 4.90 Å². The average molecular weight is 746 g/mol. The van der Waals surface area contributed by atoms with Gasteiger partial charge in [0.1, 0.15) is 0 Å². The zero-order valence-corrected chi connectivity index (χ0v) is 35.3. The number of benzene rings is 7. The minimum Gasteiger partial charge on any atom is -0.310 e. The zero-order valence-electron chi connectivity index (χ0n) is 33.3. The normalized spacial score (nSPS) is 15.5. The van der Waals surface area contributed by atoms with E-state index in [0.717, 1.165) is 22.6 Å². The molecule has 1 aliphatic carbocycles. The van der Waals surface area contributed by atoms with E-state index in [1.165, 1.54) is 59.7 Å². The van der Waals surface area contributed by atoms with Gasteiger partial charge in [0.05, 0.1) is 21.6 Å². The van der Waals surface area contributed by atoms with Gasteiger partial charge in [0, 0.05) is 17.1 Å². The summed E-state index contributed by atoms with van der Waals surface area (Å²) in [5, 5.41) is 8.00. The molecule has 1 unspecified atom stereocenters. The molecule has 0 aromatic heterocycles. The number of fused-ring (bicyclic) bond motifs is 7. The maximum atomic E-state index is 4.91. The summed E-state index contributed by atoms with van der Waals surface area (Å²) in [6, 6.07) is 55.0. The Labute approximate surface area is 330 Å². The Morgan fingerprint density at radius 2 is 1.13 bits per heavy atom. The molecule has 0 saturated heterocycles. The quantitative estimate of drug-likeness (QED) is 0.0808. The number of allylic oxidation sites excluding steroid dienone is 5. The molecule has 0 N–H and O–H groups in total. The van der Waals surface area contributed by atoms with Gasteiger partial charge in [-0.15, -0.1) is 0 Å². The summed E-state index contributed by atoms with van der Waals surface area (Å²) in [5.74, 6) is 0. The summed E-state index contributed by atoms with van der Waals surface area (Å²) in [7, 11) is -2.97. The van der Waals surface area contributed by atoms with Crippen molar-refractivity contribution in [1.29, 1.82) is 0 Å². The van der Waals surface area contributed by atoms with Crippen molar-refractivity contribution in [3.05, 3.63) is 199 Å². The number of anilines is 3. The van der Waals surface area contributed by atoms with Gasteiger partial charge in [0.25, 0.3) is 0 Å². The molecule has 1 atom stereocenters. The summed E-state index contributed by atoms with van der Waals surface area (Å²) in [6.45, 7) is 21.5. The van der Waals surface area contributed by atoms with Crippen LogP contribution in [0.25, 0.3) is 32.7 Å². The van der Waals surface area contributed by atoms with Crippen molar-refractivity contribution in [1.82, 2.24) is 0 Å². The third-order valence-corrected chi connectivity index (χ3v) is 15.7. The molecule has 0 aliphatic heterocycles. The smallest absolute Gasteiger partial charge is 0.0775 e. The van der Waals surface area contributed by atoms with Crippen molar-refractivity contribution >= 4 is 65.1 Å². The van der Waals surface area contributed by atoms with Gasteiger partial charge in [-0.2, -0.15) is 0 Å². The number of rotatable bonds is 9. The molecular weight excluding hydrogens is 695 g/mol. The lowest BCUT2D eigenvalue weighted by Gasteiger charge is -2.35. The summed E-state index contributed by atoms with van der Waals surface area (Å²) in [4.78, 5) is 2.45. The van der Waals surface area contributed by atoms with Crippen molar-refractivity contribution < 1.29 is 0 Å². The molecule has 8 rings (SSSR count). The van der Waals surface area contributed by atoms with Crippen LogP contribution in [0.1, 0.15) is 23.6 Å². The van der Waals surface area contributed by atoms with Crippen LogP contribution >= 0.6 is 0 Å². The van der Waals surface area contributed by atoms with Crippen LogP contribution < -0.4 is 15.3 Å². The lowest BCUT2D eigenvalue weighted by Crippen LogP contribution is -2.37. The molecule has 55 heavy (non-hydrogen) atoms. The highest BCUT2D eigenvalue weighted by Gasteiger charge is 2.47. The Balaban J connectivity index is 1.44. The summed E-state index contributed by atoms with van der Waals surface area (Å²) in [5.41, 5.74) is 10.2. The highest BCUT2D eigenvalue weighted by atomic mass is 28.3. The predicted molar refractivity (Wildman–Crippen MR) is 247 cm³/mol. The van der Waals surface area contributed by atoms with Crippen molar-refractivity contribution in [3.8, 4) is 11.1 Å². The van der Waals surface area contributed by atoms with Crippen LogP contribution in [-0.2, 0) is 5.41 Å². The number of hydrogen-bond acceptors (Lipinski definition) is 1. The molecule has 3 heteroatoms. The van der Waals surface area contributed by atoms with E-state index in [9.17, 15) is 0 Å². The molecule has 0 bridgehead atoms. The van der Waals surface area contributed by atoms with Gasteiger partial charge in [-0.05, 0) is 98.3 Å². The highest BCUT2D eigenvalue weighted by Crippen LogP contribution is 2.59. The van der Waals surface area contributed by atoms with Crippen LogP contribution in [0.3, 0.4) is 0 Å². The fourth-order valence-corrected chi connectivity index (χ4v) is 11.0. The highest BCUT2D eigenvalue weighted by molar-refractivity contribution is 6.89. The topological polar surface area (TPSA) is 3.24 Å². The number of nitrogens with zero attached hydrogens (tertiary/aromatic N) is 1. The molecule has 272 valence electrons. The monoisotopic (exact) mass is 745 g/mol. The van der Waals surface area contributed by atoms with Crippen LogP contribution in [0, 0.1) is 0 Å². The van der Waals surface area contributed by atoms with Gasteiger partial charge >= 0.3 is 0 Å². The molecular formula is C52H51NSi2. The number of hydrogen-bond donors (Lipinski definition) is 0. The van der Waals surface area contributed by atoms with Crippen molar-refractivity contribution in [3.63, 3.8) is 0 Å². The second kappa shape index (κ2) is 14.0. The molecule has 7 aromatic carbocycles. The molecule has 1 nitrogen and oxygen atoms in total. The molecule has 1 aliphatic rings. The van der Waals surface area contributed by atoms with Crippen LogP contribution in [-0.4, -0.2) is 16.1 Å². The first-order valence-corrected chi connectivity index (χ1v) is 26.6. The van der Waals surface area contributed by atoms with E-state index in [0.29, 0.717) is 0 Å². The molecule has 0 spiro atoms. The zero-order chi connectivity index (χ0) is 38.5. The molecule has 0 saturated carbocycles. The lowest BCUT2D eigenvalue weighted by atomic mass is 9.67. The lowest BCUT2D eigenvalue weighted by molar-refractivity contribution is 0.771.